The van der Waals surface area contributed by atoms with Crippen LogP contribution < -0.4 is 0 Å². The summed E-state index contributed by atoms with van der Waals surface area (Å²) in [5, 5.41) is 8.57. The first-order valence-electron chi connectivity index (χ1n) is 10.1. The number of rotatable bonds is 11. The molecule has 0 atom stereocenters. The van der Waals surface area contributed by atoms with Crippen molar-refractivity contribution in [1.29, 1.82) is 0 Å². The molecule has 0 aliphatic heterocycles. The first-order valence-corrected chi connectivity index (χ1v) is 12.9. The largest absolute Gasteiger partial charge is 0.478 e. The van der Waals surface area contributed by atoms with E-state index in [0.717, 1.165) is 5.56 Å². The van der Waals surface area contributed by atoms with Crippen LogP contribution in [0.25, 0.3) is 0 Å². The van der Waals surface area contributed by atoms with Crippen LogP contribution in [0.4, 0.5) is 0 Å². The Labute approximate surface area is 188 Å². The Morgan fingerprint density at radius 1 is 0.893 bits per heavy atom. The van der Waals surface area contributed by atoms with E-state index in [1.54, 1.807) is 25.1 Å². The maximum absolute atomic E-state index is 10.4. The molecular weight excluding hydrogens is 391 g/mol. The number of aromatic carboxylic acids is 1. The predicted octanol–water partition coefficient (Wildman–Crippen LogP) is 5.53. The molecule has 0 radical (unpaired) electrons. The summed E-state index contributed by atoms with van der Waals surface area (Å²) < 4.78 is 33.1. The maximum atomic E-state index is 10.4. The Morgan fingerprint density at radius 2 is 1.29 bits per heavy atom. The van der Waals surface area contributed by atoms with Gasteiger partial charge in [-0.05, 0) is 18.6 Å². The summed E-state index contributed by atoms with van der Waals surface area (Å²) in [7, 11) is -4.67. The molecule has 0 aliphatic carbocycles. The van der Waals surface area contributed by atoms with Crippen LogP contribution >= 0.6 is 0 Å². The standard InChI is InChI=1S/C12H25.C8H8O2.Na.H2O4S/c1-3-5-7-9-11-12-10-8-6-4-2;1-6-4-2-3-5-7(6)8(9)10;;1-5(2,3)4/h1,3-12H2,2H3;2-5H,1H3,(H,9,10);;(H2,1,2,3,4). The SMILES string of the molecule is CCCCCCCCCCC[CH2][Na].Cc1ccccc1C(=O)O.O=S(=O)(O)O. The molecule has 0 fully saturated rings. The zero-order valence-electron chi connectivity index (χ0n) is 17.6. The van der Waals surface area contributed by atoms with E-state index in [4.69, 9.17) is 22.6 Å². The summed E-state index contributed by atoms with van der Waals surface area (Å²) in [6.45, 7) is 4.07. The molecule has 158 valence electrons. The molecule has 1 aromatic carbocycles. The third-order valence-electron chi connectivity index (χ3n) is 4.08. The minimum absolute atomic E-state index is 0.377. The van der Waals surface area contributed by atoms with Gasteiger partial charge in [0.05, 0.1) is 5.56 Å². The zero-order chi connectivity index (χ0) is 21.8. The van der Waals surface area contributed by atoms with Gasteiger partial charge in [-0.1, -0.05) is 18.2 Å². The minimum atomic E-state index is -4.67. The summed E-state index contributed by atoms with van der Waals surface area (Å²) in [6, 6.07) is 6.92. The number of unbranched alkanes of at least 4 members (excludes halogenated alkanes) is 9. The average molecular weight is 427 g/mol. The van der Waals surface area contributed by atoms with Crippen LogP contribution in [0.5, 0.6) is 0 Å². The number of carboxylic acid groups (broad SMARTS) is 1. The summed E-state index contributed by atoms with van der Waals surface area (Å²) >= 11 is 1.41. The molecular formula is C20H35NaO6S. The van der Waals surface area contributed by atoms with Gasteiger partial charge in [0.25, 0.3) is 0 Å². The zero-order valence-corrected chi connectivity index (χ0v) is 20.4. The van der Waals surface area contributed by atoms with E-state index in [1.807, 2.05) is 6.07 Å². The number of aryl methyl sites for hydroxylation is 1. The van der Waals surface area contributed by atoms with Gasteiger partial charge in [-0.3, -0.25) is 9.11 Å². The average Bonchev–Trinajstić information content (AvgIpc) is 2.60. The molecule has 0 saturated heterocycles. The van der Waals surface area contributed by atoms with E-state index in [0.29, 0.717) is 5.56 Å². The molecule has 1 rings (SSSR count). The fraction of sp³-hybridized carbons (Fsp3) is 0.650. The molecule has 0 aliphatic rings. The van der Waals surface area contributed by atoms with Crippen molar-refractivity contribution in [2.24, 2.45) is 0 Å². The molecule has 0 saturated carbocycles. The Hall–Kier alpha value is -0.440. The third-order valence-corrected chi connectivity index (χ3v) is 4.79. The summed E-state index contributed by atoms with van der Waals surface area (Å²) in [5.74, 6) is -0.863. The molecule has 0 spiro atoms. The predicted molar refractivity (Wildman–Crippen MR) is 115 cm³/mol. The molecule has 1 aromatic rings. The van der Waals surface area contributed by atoms with Crippen molar-refractivity contribution in [3.05, 3.63) is 35.4 Å². The van der Waals surface area contributed by atoms with Crippen LogP contribution in [-0.2, 0) is 10.4 Å². The normalized spacial score (nSPS) is 10.4. The second-order valence-corrected chi connectivity index (χ2v) is 8.65. The van der Waals surface area contributed by atoms with E-state index in [-0.39, 0.29) is 0 Å². The third kappa shape index (κ3) is 25.6. The molecule has 0 bridgehead atoms. The molecule has 0 heterocycles. The smallest absolute Gasteiger partial charge is 0.394 e. The van der Waals surface area contributed by atoms with Crippen LogP contribution in [0, 0.1) is 6.92 Å². The Bertz CT molecular complexity index is 586. The summed E-state index contributed by atoms with van der Waals surface area (Å²) in [4.78, 5) is 10.4. The maximum Gasteiger partial charge on any atom is 0.394 e. The Balaban J connectivity index is 0. The van der Waals surface area contributed by atoms with Gasteiger partial charge in [0.2, 0.25) is 0 Å². The Morgan fingerprint density at radius 3 is 1.61 bits per heavy atom. The Kier molecular flexibility index (Phi) is 21.1. The van der Waals surface area contributed by atoms with E-state index in [1.165, 1.54) is 95.8 Å². The van der Waals surface area contributed by atoms with Gasteiger partial charge >= 0.3 is 119 Å². The van der Waals surface area contributed by atoms with Crippen molar-refractivity contribution in [2.45, 2.75) is 81.7 Å². The number of hydrogen-bond donors (Lipinski definition) is 3. The quantitative estimate of drug-likeness (QED) is 0.243. The first-order chi connectivity index (χ1) is 13.1. The first kappa shape index (κ1) is 29.8. The van der Waals surface area contributed by atoms with Crippen LogP contribution in [0.3, 0.4) is 0 Å². The topological polar surface area (TPSA) is 112 Å². The van der Waals surface area contributed by atoms with Gasteiger partial charge in [-0.25, -0.2) is 4.79 Å². The van der Waals surface area contributed by atoms with Crippen molar-refractivity contribution in [3.8, 4) is 0 Å². The second-order valence-electron chi connectivity index (χ2n) is 6.75. The fourth-order valence-electron chi connectivity index (χ4n) is 2.55. The number of hydrogen-bond acceptors (Lipinski definition) is 3. The number of benzene rings is 1. The number of carboxylic acids is 1. The minimum Gasteiger partial charge on any atom is -0.478 e. The monoisotopic (exact) mass is 426 g/mol. The van der Waals surface area contributed by atoms with E-state index >= 15 is 0 Å². The van der Waals surface area contributed by atoms with Gasteiger partial charge in [0.15, 0.2) is 0 Å². The molecule has 0 unspecified atom stereocenters. The van der Waals surface area contributed by atoms with Crippen LogP contribution in [-0.4, -0.2) is 56.5 Å². The molecule has 0 amide bonds. The van der Waals surface area contributed by atoms with Crippen molar-refractivity contribution in [3.63, 3.8) is 0 Å². The van der Waals surface area contributed by atoms with Crippen molar-refractivity contribution in [2.75, 3.05) is 0 Å². The van der Waals surface area contributed by atoms with Gasteiger partial charge in [-0.15, -0.1) is 0 Å². The molecule has 6 nitrogen and oxygen atoms in total. The molecule has 28 heavy (non-hydrogen) atoms. The van der Waals surface area contributed by atoms with Crippen LogP contribution in [0.2, 0.25) is 3.67 Å². The summed E-state index contributed by atoms with van der Waals surface area (Å²) in [5.41, 5.74) is 1.18. The van der Waals surface area contributed by atoms with Crippen molar-refractivity contribution in [1.82, 2.24) is 0 Å². The van der Waals surface area contributed by atoms with E-state index in [9.17, 15) is 4.79 Å². The van der Waals surface area contributed by atoms with Gasteiger partial charge in [-0.2, -0.15) is 8.42 Å². The second kappa shape index (κ2) is 19.9. The van der Waals surface area contributed by atoms with Crippen molar-refractivity contribution >= 4 is 44.3 Å². The van der Waals surface area contributed by atoms with Crippen molar-refractivity contribution < 1.29 is 27.4 Å². The summed E-state index contributed by atoms with van der Waals surface area (Å²) in [6.07, 6.45) is 14.7. The van der Waals surface area contributed by atoms with E-state index in [2.05, 4.69) is 6.92 Å². The molecule has 8 heteroatoms. The molecule has 3 N–H and O–H groups in total. The van der Waals surface area contributed by atoms with Gasteiger partial charge in [0, 0.05) is 0 Å². The number of carbonyl (C=O) groups is 1. The van der Waals surface area contributed by atoms with Crippen LogP contribution in [0.1, 0.15) is 87.1 Å². The fourth-order valence-corrected chi connectivity index (χ4v) is 3.05. The molecule has 0 aromatic heterocycles. The van der Waals surface area contributed by atoms with Gasteiger partial charge < -0.3 is 5.11 Å². The van der Waals surface area contributed by atoms with Crippen LogP contribution in [0.15, 0.2) is 24.3 Å². The van der Waals surface area contributed by atoms with Gasteiger partial charge in [0.1, 0.15) is 0 Å². The van der Waals surface area contributed by atoms with E-state index < -0.39 is 16.4 Å².